The fourth-order valence-electron chi connectivity index (χ4n) is 1.69. The van der Waals surface area contributed by atoms with E-state index >= 15 is 0 Å². The van der Waals surface area contributed by atoms with Crippen LogP contribution >= 0.6 is 15.9 Å². The Hall–Kier alpha value is -1.67. The Morgan fingerprint density at radius 3 is 2.43 bits per heavy atom. The highest BCUT2D eigenvalue weighted by Crippen LogP contribution is 2.26. The van der Waals surface area contributed by atoms with Crippen LogP contribution in [-0.2, 0) is 10.0 Å². The van der Waals surface area contributed by atoms with E-state index in [1.807, 2.05) is 0 Å². The van der Waals surface area contributed by atoms with Crippen molar-refractivity contribution in [1.29, 1.82) is 0 Å². The molecule has 0 aliphatic rings. The van der Waals surface area contributed by atoms with Gasteiger partial charge in [0, 0.05) is 10.5 Å². The van der Waals surface area contributed by atoms with Crippen LogP contribution in [0.2, 0.25) is 0 Å². The summed E-state index contributed by atoms with van der Waals surface area (Å²) in [5.41, 5.74) is 5.78. The normalized spacial score (nSPS) is 11.4. The molecular formula is C13H11BrF2N2O2S. The van der Waals surface area contributed by atoms with Crippen LogP contribution in [0.4, 0.5) is 20.2 Å². The first-order valence-corrected chi connectivity index (χ1v) is 8.02. The number of benzene rings is 2. The zero-order valence-corrected chi connectivity index (χ0v) is 13.2. The van der Waals surface area contributed by atoms with Crippen molar-refractivity contribution in [2.75, 3.05) is 10.5 Å². The lowest BCUT2D eigenvalue weighted by molar-refractivity contribution is 0.553. The molecule has 0 aliphatic heterocycles. The molecule has 2 aromatic rings. The van der Waals surface area contributed by atoms with Gasteiger partial charge in [-0.3, -0.25) is 4.72 Å². The standard InChI is InChI=1S/C13H11BrF2N2O2S/c1-7-4-8(14)2-3-12(7)18-21(19,20)13-6-11(17)9(15)5-10(13)16/h2-6,18H,17H2,1H3. The number of nitrogens with two attached hydrogens (primary N) is 1. The Kier molecular flexibility index (Phi) is 4.20. The molecule has 0 spiro atoms. The van der Waals surface area contributed by atoms with Crippen LogP contribution in [0.5, 0.6) is 0 Å². The number of sulfonamides is 1. The van der Waals surface area contributed by atoms with E-state index in [9.17, 15) is 17.2 Å². The second-order valence-electron chi connectivity index (χ2n) is 4.37. The van der Waals surface area contributed by atoms with Gasteiger partial charge in [-0.25, -0.2) is 17.2 Å². The molecule has 0 atom stereocenters. The van der Waals surface area contributed by atoms with Gasteiger partial charge in [0.1, 0.15) is 16.5 Å². The Morgan fingerprint density at radius 2 is 1.81 bits per heavy atom. The third-order valence-electron chi connectivity index (χ3n) is 2.77. The van der Waals surface area contributed by atoms with Crippen molar-refractivity contribution in [2.45, 2.75) is 11.8 Å². The molecule has 112 valence electrons. The molecule has 0 bridgehead atoms. The lowest BCUT2D eigenvalue weighted by Crippen LogP contribution is -2.16. The summed E-state index contributed by atoms with van der Waals surface area (Å²) in [5, 5.41) is 0. The Balaban J connectivity index is 2.46. The van der Waals surface area contributed by atoms with Gasteiger partial charge < -0.3 is 5.73 Å². The first-order chi connectivity index (χ1) is 9.70. The van der Waals surface area contributed by atoms with Crippen LogP contribution in [0.1, 0.15) is 5.56 Å². The first-order valence-electron chi connectivity index (χ1n) is 5.74. The second kappa shape index (κ2) is 5.61. The van der Waals surface area contributed by atoms with Gasteiger partial charge in [-0.05, 0) is 36.8 Å². The van der Waals surface area contributed by atoms with Gasteiger partial charge in [-0.15, -0.1) is 0 Å². The summed E-state index contributed by atoms with van der Waals surface area (Å²) in [5.74, 6) is -2.21. The van der Waals surface area contributed by atoms with Gasteiger partial charge in [-0.1, -0.05) is 15.9 Å². The summed E-state index contributed by atoms with van der Waals surface area (Å²) in [6, 6.07) is 6.06. The summed E-state index contributed by atoms with van der Waals surface area (Å²) >= 11 is 3.25. The predicted molar refractivity (Wildman–Crippen MR) is 80.5 cm³/mol. The Morgan fingerprint density at radius 1 is 1.14 bits per heavy atom. The second-order valence-corrected chi connectivity index (χ2v) is 6.94. The van der Waals surface area contributed by atoms with Crippen molar-refractivity contribution in [3.05, 3.63) is 52.0 Å². The van der Waals surface area contributed by atoms with Crippen molar-refractivity contribution >= 4 is 37.3 Å². The van der Waals surface area contributed by atoms with E-state index in [1.54, 1.807) is 19.1 Å². The predicted octanol–water partition coefficient (Wildman–Crippen LogP) is 3.42. The highest BCUT2D eigenvalue weighted by molar-refractivity contribution is 9.10. The van der Waals surface area contributed by atoms with Gasteiger partial charge in [0.2, 0.25) is 0 Å². The molecular weight excluding hydrogens is 366 g/mol. The molecule has 0 heterocycles. The molecule has 8 heteroatoms. The first kappa shape index (κ1) is 15.7. The molecule has 3 N–H and O–H groups in total. The molecule has 0 unspecified atom stereocenters. The van der Waals surface area contributed by atoms with Gasteiger partial charge in [0.05, 0.1) is 11.4 Å². The SMILES string of the molecule is Cc1cc(Br)ccc1NS(=O)(=O)c1cc(N)c(F)cc1F. The van der Waals surface area contributed by atoms with Gasteiger partial charge in [0.25, 0.3) is 10.0 Å². The average Bonchev–Trinajstić information content (AvgIpc) is 2.37. The number of hydrogen-bond donors (Lipinski definition) is 2. The smallest absolute Gasteiger partial charge is 0.264 e. The minimum absolute atomic E-state index is 0.292. The maximum Gasteiger partial charge on any atom is 0.264 e. The highest BCUT2D eigenvalue weighted by Gasteiger charge is 2.22. The third kappa shape index (κ3) is 3.33. The molecule has 0 saturated carbocycles. The van der Waals surface area contributed by atoms with Gasteiger partial charge >= 0.3 is 0 Å². The summed E-state index contributed by atoms with van der Waals surface area (Å²) in [4.78, 5) is -0.705. The molecule has 0 saturated heterocycles. The maximum absolute atomic E-state index is 13.7. The number of halogens is 3. The van der Waals surface area contributed by atoms with Gasteiger partial charge in [0.15, 0.2) is 0 Å². The zero-order chi connectivity index (χ0) is 15.8. The Bertz CT molecular complexity index is 810. The van der Waals surface area contributed by atoms with E-state index in [1.165, 1.54) is 6.07 Å². The van der Waals surface area contributed by atoms with Crippen LogP contribution in [0.25, 0.3) is 0 Å². The molecule has 2 rings (SSSR count). The summed E-state index contributed by atoms with van der Waals surface area (Å²) in [7, 11) is -4.21. The maximum atomic E-state index is 13.7. The summed E-state index contributed by atoms with van der Waals surface area (Å²) in [6.45, 7) is 1.69. The molecule has 0 aromatic heterocycles. The fraction of sp³-hybridized carbons (Fsp3) is 0.0769. The van der Waals surface area contributed by atoms with Crippen LogP contribution in [0.15, 0.2) is 39.7 Å². The minimum Gasteiger partial charge on any atom is -0.396 e. The van der Waals surface area contributed by atoms with Crippen LogP contribution in [-0.4, -0.2) is 8.42 Å². The fourth-order valence-corrected chi connectivity index (χ4v) is 3.39. The van der Waals surface area contributed by atoms with Crippen LogP contribution in [0, 0.1) is 18.6 Å². The zero-order valence-electron chi connectivity index (χ0n) is 10.8. The number of nitrogens with one attached hydrogen (secondary N) is 1. The number of nitrogen functional groups attached to an aromatic ring is 1. The molecule has 0 fully saturated rings. The van der Waals surface area contributed by atoms with Crippen LogP contribution in [0.3, 0.4) is 0 Å². The quantitative estimate of drug-likeness (QED) is 0.806. The lowest BCUT2D eigenvalue weighted by Gasteiger charge is -2.12. The van der Waals surface area contributed by atoms with E-state index in [2.05, 4.69) is 20.7 Å². The molecule has 4 nitrogen and oxygen atoms in total. The van der Waals surface area contributed by atoms with Crippen molar-refractivity contribution in [1.82, 2.24) is 0 Å². The van der Waals surface area contributed by atoms with Crippen LogP contribution < -0.4 is 10.5 Å². The van der Waals surface area contributed by atoms with Gasteiger partial charge in [-0.2, -0.15) is 0 Å². The van der Waals surface area contributed by atoms with Crippen molar-refractivity contribution in [2.24, 2.45) is 0 Å². The molecule has 0 radical (unpaired) electrons. The minimum atomic E-state index is -4.21. The number of aryl methyl sites for hydroxylation is 1. The Labute approximate surface area is 129 Å². The van der Waals surface area contributed by atoms with E-state index in [0.717, 1.165) is 10.5 Å². The highest BCUT2D eigenvalue weighted by atomic mass is 79.9. The van der Waals surface area contributed by atoms with E-state index in [-0.39, 0.29) is 0 Å². The van der Waals surface area contributed by atoms with Crippen molar-refractivity contribution in [3.63, 3.8) is 0 Å². The van der Waals surface area contributed by atoms with E-state index < -0.39 is 32.2 Å². The van der Waals surface area contributed by atoms with Crippen molar-refractivity contribution < 1.29 is 17.2 Å². The molecule has 0 aliphatic carbocycles. The number of anilines is 2. The lowest BCUT2D eigenvalue weighted by atomic mass is 10.2. The summed E-state index contributed by atoms with van der Waals surface area (Å²) in [6.07, 6.45) is 0. The number of hydrogen-bond acceptors (Lipinski definition) is 3. The largest absolute Gasteiger partial charge is 0.396 e. The van der Waals surface area contributed by atoms with E-state index in [4.69, 9.17) is 5.73 Å². The molecule has 2 aromatic carbocycles. The molecule has 0 amide bonds. The van der Waals surface area contributed by atoms with Crippen molar-refractivity contribution in [3.8, 4) is 0 Å². The monoisotopic (exact) mass is 376 g/mol. The van der Waals surface area contributed by atoms with E-state index in [0.29, 0.717) is 17.3 Å². The topological polar surface area (TPSA) is 72.2 Å². The molecule has 21 heavy (non-hydrogen) atoms. The average molecular weight is 377 g/mol. The third-order valence-corrected chi connectivity index (χ3v) is 4.65. The summed E-state index contributed by atoms with van der Waals surface area (Å²) < 4.78 is 54.2. The number of rotatable bonds is 3.